The Morgan fingerprint density at radius 3 is 3.06 bits per heavy atom. The summed E-state index contributed by atoms with van der Waals surface area (Å²) >= 11 is 1.72. The van der Waals surface area contributed by atoms with Gasteiger partial charge in [0.15, 0.2) is 0 Å². The molecule has 0 saturated carbocycles. The molecule has 0 bridgehead atoms. The van der Waals surface area contributed by atoms with Gasteiger partial charge < -0.3 is 10.6 Å². The van der Waals surface area contributed by atoms with E-state index in [-0.39, 0.29) is 18.5 Å². The van der Waals surface area contributed by atoms with Crippen LogP contribution in [0, 0.1) is 12.3 Å². The number of amides is 1. The molecule has 1 aromatic rings. The molecule has 1 aromatic heterocycles. The molecule has 1 amide bonds. The van der Waals surface area contributed by atoms with Crippen LogP contribution in [-0.2, 0) is 17.8 Å². The quantitative estimate of drug-likeness (QED) is 0.752. The number of hydrogen-bond donors (Lipinski definition) is 2. The van der Waals surface area contributed by atoms with Crippen LogP contribution in [0.15, 0.2) is 11.4 Å². The van der Waals surface area contributed by atoms with Gasteiger partial charge in [0, 0.05) is 11.4 Å². The fourth-order valence-corrected chi connectivity index (χ4v) is 2.39. The van der Waals surface area contributed by atoms with Gasteiger partial charge in [0.1, 0.15) is 0 Å². The van der Waals surface area contributed by atoms with Crippen LogP contribution in [-0.4, -0.2) is 18.5 Å². The SMILES string of the molecule is C#CCNC(=O)C(C)NCc1sccc1CC. The Hall–Kier alpha value is -1.31. The lowest BCUT2D eigenvalue weighted by Crippen LogP contribution is -2.41. The summed E-state index contributed by atoms with van der Waals surface area (Å²) in [7, 11) is 0. The summed E-state index contributed by atoms with van der Waals surface area (Å²) in [6, 6.07) is 1.90. The maximum absolute atomic E-state index is 11.6. The largest absolute Gasteiger partial charge is 0.344 e. The van der Waals surface area contributed by atoms with E-state index in [1.54, 1.807) is 11.3 Å². The van der Waals surface area contributed by atoms with Crippen LogP contribution in [0.1, 0.15) is 24.3 Å². The van der Waals surface area contributed by atoms with E-state index in [4.69, 9.17) is 6.42 Å². The van der Waals surface area contributed by atoms with Crippen molar-refractivity contribution in [3.63, 3.8) is 0 Å². The predicted molar refractivity (Wildman–Crippen MR) is 71.8 cm³/mol. The molecule has 0 saturated heterocycles. The van der Waals surface area contributed by atoms with E-state index >= 15 is 0 Å². The van der Waals surface area contributed by atoms with E-state index in [9.17, 15) is 4.79 Å². The molecule has 3 nitrogen and oxygen atoms in total. The molecule has 1 atom stereocenters. The van der Waals surface area contributed by atoms with Crippen molar-refractivity contribution in [1.29, 1.82) is 0 Å². The third-order valence-corrected chi connectivity index (χ3v) is 3.51. The van der Waals surface area contributed by atoms with Gasteiger partial charge >= 0.3 is 0 Å². The summed E-state index contributed by atoms with van der Waals surface area (Å²) in [6.45, 7) is 4.98. The van der Waals surface area contributed by atoms with Crippen LogP contribution < -0.4 is 10.6 Å². The molecule has 0 aliphatic carbocycles. The predicted octanol–water partition coefficient (Wildman–Crippen LogP) is 1.54. The Bertz CT molecular complexity index is 406. The average Bonchev–Trinajstić information content (AvgIpc) is 2.80. The Morgan fingerprint density at radius 2 is 2.41 bits per heavy atom. The van der Waals surface area contributed by atoms with Crippen molar-refractivity contribution in [2.75, 3.05) is 6.54 Å². The molecule has 92 valence electrons. The Balaban J connectivity index is 2.40. The molecule has 0 radical (unpaired) electrons. The van der Waals surface area contributed by atoms with Crippen molar-refractivity contribution in [2.45, 2.75) is 32.9 Å². The smallest absolute Gasteiger partial charge is 0.237 e. The summed E-state index contributed by atoms with van der Waals surface area (Å²) in [5.41, 5.74) is 1.35. The summed E-state index contributed by atoms with van der Waals surface area (Å²) < 4.78 is 0. The van der Waals surface area contributed by atoms with Gasteiger partial charge in [0.2, 0.25) is 5.91 Å². The van der Waals surface area contributed by atoms with E-state index < -0.39 is 0 Å². The third-order valence-electron chi connectivity index (χ3n) is 2.55. The molecule has 0 spiro atoms. The molecule has 1 unspecified atom stereocenters. The van der Waals surface area contributed by atoms with Gasteiger partial charge in [-0.15, -0.1) is 17.8 Å². The topological polar surface area (TPSA) is 41.1 Å². The maximum atomic E-state index is 11.6. The van der Waals surface area contributed by atoms with Crippen molar-refractivity contribution in [2.24, 2.45) is 0 Å². The fourth-order valence-electron chi connectivity index (χ4n) is 1.47. The minimum Gasteiger partial charge on any atom is -0.344 e. The highest BCUT2D eigenvalue weighted by Gasteiger charge is 2.12. The summed E-state index contributed by atoms with van der Waals surface area (Å²) in [5, 5.41) is 7.94. The van der Waals surface area contributed by atoms with E-state index in [0.717, 1.165) is 13.0 Å². The lowest BCUT2D eigenvalue weighted by Gasteiger charge is -2.12. The molecule has 4 heteroatoms. The third kappa shape index (κ3) is 4.22. The first-order valence-corrected chi connectivity index (χ1v) is 6.56. The van der Waals surface area contributed by atoms with E-state index in [2.05, 4.69) is 34.9 Å². The monoisotopic (exact) mass is 250 g/mol. The summed E-state index contributed by atoms with van der Waals surface area (Å²) in [6.07, 6.45) is 6.11. The number of nitrogens with one attached hydrogen (secondary N) is 2. The number of terminal acetylenes is 1. The summed E-state index contributed by atoms with van der Waals surface area (Å²) in [5.74, 6) is 2.33. The molecular weight excluding hydrogens is 232 g/mol. The number of aryl methyl sites for hydroxylation is 1. The van der Waals surface area contributed by atoms with Gasteiger partial charge in [0.25, 0.3) is 0 Å². The van der Waals surface area contributed by atoms with Crippen LogP contribution >= 0.6 is 11.3 Å². The fraction of sp³-hybridized carbons (Fsp3) is 0.462. The molecule has 1 rings (SSSR count). The van der Waals surface area contributed by atoms with Gasteiger partial charge in [-0.05, 0) is 30.4 Å². The van der Waals surface area contributed by atoms with Crippen molar-refractivity contribution in [1.82, 2.24) is 10.6 Å². The minimum atomic E-state index is -0.227. The van der Waals surface area contributed by atoms with Crippen molar-refractivity contribution in [3.05, 3.63) is 21.9 Å². The van der Waals surface area contributed by atoms with Gasteiger partial charge in [-0.25, -0.2) is 0 Å². The van der Waals surface area contributed by atoms with Crippen molar-refractivity contribution >= 4 is 17.2 Å². The molecule has 1 heterocycles. The van der Waals surface area contributed by atoms with Crippen LogP contribution in [0.2, 0.25) is 0 Å². The van der Waals surface area contributed by atoms with E-state index in [0.29, 0.717) is 0 Å². The molecule has 0 aliphatic rings. The summed E-state index contributed by atoms with van der Waals surface area (Å²) in [4.78, 5) is 12.8. The number of carbonyl (C=O) groups is 1. The highest BCUT2D eigenvalue weighted by atomic mass is 32.1. The first-order chi connectivity index (χ1) is 8.19. The first-order valence-electron chi connectivity index (χ1n) is 5.68. The minimum absolute atomic E-state index is 0.0578. The number of carbonyl (C=O) groups excluding carboxylic acids is 1. The Kier molecular flexibility index (Phi) is 5.75. The van der Waals surface area contributed by atoms with E-state index in [1.807, 2.05) is 6.92 Å². The van der Waals surface area contributed by atoms with Crippen molar-refractivity contribution < 1.29 is 4.79 Å². The van der Waals surface area contributed by atoms with Crippen molar-refractivity contribution in [3.8, 4) is 12.3 Å². The average molecular weight is 250 g/mol. The maximum Gasteiger partial charge on any atom is 0.237 e. The molecule has 17 heavy (non-hydrogen) atoms. The first kappa shape index (κ1) is 13.8. The van der Waals surface area contributed by atoms with Gasteiger partial charge in [-0.3, -0.25) is 4.79 Å². The molecule has 2 N–H and O–H groups in total. The van der Waals surface area contributed by atoms with Gasteiger partial charge in [-0.1, -0.05) is 12.8 Å². The highest BCUT2D eigenvalue weighted by molar-refractivity contribution is 7.10. The Labute approximate surface area is 107 Å². The Morgan fingerprint density at radius 1 is 1.65 bits per heavy atom. The zero-order valence-electron chi connectivity index (χ0n) is 10.2. The molecule has 0 aromatic carbocycles. The van der Waals surface area contributed by atoms with Crippen LogP contribution in [0.4, 0.5) is 0 Å². The normalized spacial score (nSPS) is 11.8. The van der Waals surface area contributed by atoms with Gasteiger partial charge in [0.05, 0.1) is 12.6 Å². The molecule has 0 aliphatic heterocycles. The number of hydrogen-bond acceptors (Lipinski definition) is 3. The second kappa shape index (κ2) is 7.10. The second-order valence-electron chi connectivity index (χ2n) is 3.75. The zero-order chi connectivity index (χ0) is 12.7. The van der Waals surface area contributed by atoms with Gasteiger partial charge in [-0.2, -0.15) is 0 Å². The van der Waals surface area contributed by atoms with Crippen LogP contribution in [0.5, 0.6) is 0 Å². The van der Waals surface area contributed by atoms with Crippen LogP contribution in [0.25, 0.3) is 0 Å². The molecule has 0 fully saturated rings. The lowest BCUT2D eigenvalue weighted by atomic mass is 10.2. The number of thiophene rings is 1. The zero-order valence-corrected chi connectivity index (χ0v) is 11.1. The number of rotatable bonds is 6. The molecular formula is C13H18N2OS. The standard InChI is InChI=1S/C13H18N2OS/c1-4-7-14-13(16)10(3)15-9-12-11(5-2)6-8-17-12/h1,6,8,10,15H,5,7,9H2,2-3H3,(H,14,16). The highest BCUT2D eigenvalue weighted by Crippen LogP contribution is 2.16. The van der Waals surface area contributed by atoms with Crippen LogP contribution in [0.3, 0.4) is 0 Å². The van der Waals surface area contributed by atoms with E-state index in [1.165, 1.54) is 10.4 Å². The lowest BCUT2D eigenvalue weighted by molar-refractivity contribution is -0.122. The second-order valence-corrected chi connectivity index (χ2v) is 4.75.